The summed E-state index contributed by atoms with van der Waals surface area (Å²) in [4.78, 5) is 4.01. The van der Waals surface area contributed by atoms with Crippen LogP contribution in [0.5, 0.6) is 0 Å². The van der Waals surface area contributed by atoms with Gasteiger partial charge in [-0.3, -0.25) is 0 Å². The van der Waals surface area contributed by atoms with E-state index in [9.17, 15) is 0 Å². The molecule has 0 fully saturated rings. The van der Waals surface area contributed by atoms with Gasteiger partial charge < -0.3 is 14.8 Å². The topological polar surface area (TPSA) is 58.3 Å². The Morgan fingerprint density at radius 3 is 2.76 bits per heavy atom. The molecule has 4 nitrogen and oxygen atoms in total. The fourth-order valence-electron chi connectivity index (χ4n) is 1.52. The van der Waals surface area contributed by atoms with Crippen molar-refractivity contribution >= 4 is 17.3 Å². The number of hydrogen-bond acceptors (Lipinski definition) is 4. The first kappa shape index (κ1) is 12.0. The van der Waals surface area contributed by atoms with E-state index in [4.69, 9.17) is 21.1 Å². The number of furan rings is 1. The van der Waals surface area contributed by atoms with Gasteiger partial charge in [-0.2, -0.15) is 0 Å². The molecule has 0 spiro atoms. The largest absolute Gasteiger partial charge is 0.462 e. The molecule has 0 atom stereocenters. The number of aliphatic hydroxyl groups is 1. The van der Waals surface area contributed by atoms with Crippen LogP contribution in [0.25, 0.3) is 0 Å². The minimum absolute atomic E-state index is 0.0906. The van der Waals surface area contributed by atoms with E-state index in [0.717, 1.165) is 17.0 Å². The summed E-state index contributed by atoms with van der Waals surface area (Å²) in [5.41, 5.74) is 1.83. The summed E-state index contributed by atoms with van der Waals surface area (Å²) in [6, 6.07) is 5.45. The summed E-state index contributed by atoms with van der Waals surface area (Å²) in [6.45, 7) is 2.37. The van der Waals surface area contributed by atoms with Gasteiger partial charge in [-0.05, 0) is 30.7 Å². The number of aryl methyl sites for hydroxylation is 1. The van der Waals surface area contributed by atoms with Crippen LogP contribution in [-0.4, -0.2) is 10.1 Å². The smallest absolute Gasteiger partial charge is 0.152 e. The van der Waals surface area contributed by atoms with Crippen molar-refractivity contribution in [2.75, 3.05) is 5.32 Å². The molecule has 5 heteroatoms. The lowest BCUT2D eigenvalue weighted by Crippen LogP contribution is -2.01. The maximum Gasteiger partial charge on any atom is 0.152 e. The van der Waals surface area contributed by atoms with Gasteiger partial charge in [-0.15, -0.1) is 0 Å². The van der Waals surface area contributed by atoms with Gasteiger partial charge in [0.1, 0.15) is 18.1 Å². The molecule has 2 aromatic rings. The van der Waals surface area contributed by atoms with Crippen LogP contribution in [0, 0.1) is 6.92 Å². The average Bonchev–Trinajstić information content (AvgIpc) is 2.76. The Labute approximate surface area is 104 Å². The lowest BCUT2D eigenvalue weighted by atomic mass is 10.2. The lowest BCUT2D eigenvalue weighted by Gasteiger charge is -2.08. The Balaban J connectivity index is 2.07. The van der Waals surface area contributed by atoms with Gasteiger partial charge in [0, 0.05) is 6.20 Å². The second-order valence-corrected chi connectivity index (χ2v) is 4.03. The van der Waals surface area contributed by atoms with Gasteiger partial charge in [-0.25, -0.2) is 4.98 Å². The first-order valence-electron chi connectivity index (χ1n) is 5.24. The van der Waals surface area contributed by atoms with Gasteiger partial charge in [0.25, 0.3) is 0 Å². The van der Waals surface area contributed by atoms with Crippen LogP contribution in [0.2, 0.25) is 5.15 Å². The van der Waals surface area contributed by atoms with Crippen molar-refractivity contribution in [2.24, 2.45) is 0 Å². The van der Waals surface area contributed by atoms with Crippen molar-refractivity contribution in [3.63, 3.8) is 0 Å². The van der Waals surface area contributed by atoms with E-state index in [2.05, 4.69) is 10.3 Å². The van der Waals surface area contributed by atoms with E-state index in [1.54, 1.807) is 12.3 Å². The van der Waals surface area contributed by atoms with Crippen molar-refractivity contribution < 1.29 is 9.52 Å². The van der Waals surface area contributed by atoms with Crippen LogP contribution in [-0.2, 0) is 13.2 Å². The van der Waals surface area contributed by atoms with Crippen LogP contribution < -0.4 is 5.32 Å². The molecule has 90 valence electrons. The molecule has 0 aromatic carbocycles. The Morgan fingerprint density at radius 1 is 1.35 bits per heavy atom. The number of hydrogen-bond donors (Lipinski definition) is 2. The van der Waals surface area contributed by atoms with Crippen molar-refractivity contribution in [3.8, 4) is 0 Å². The Hall–Kier alpha value is -1.52. The first-order valence-corrected chi connectivity index (χ1v) is 5.62. The average molecular weight is 253 g/mol. The molecule has 0 radical (unpaired) electrons. The Kier molecular flexibility index (Phi) is 3.66. The molecule has 0 aliphatic rings. The van der Waals surface area contributed by atoms with Crippen LogP contribution in [0.3, 0.4) is 0 Å². The van der Waals surface area contributed by atoms with Crippen molar-refractivity contribution in [2.45, 2.75) is 20.1 Å². The molecule has 2 heterocycles. The zero-order valence-corrected chi connectivity index (χ0v) is 10.2. The molecule has 0 aliphatic heterocycles. The summed E-state index contributed by atoms with van der Waals surface area (Å²) < 4.78 is 5.36. The summed E-state index contributed by atoms with van der Waals surface area (Å²) in [6.07, 6.45) is 1.67. The summed E-state index contributed by atoms with van der Waals surface area (Å²) in [5, 5.41) is 12.5. The fourth-order valence-corrected chi connectivity index (χ4v) is 1.79. The van der Waals surface area contributed by atoms with Gasteiger partial charge >= 0.3 is 0 Å². The van der Waals surface area contributed by atoms with Gasteiger partial charge in [0.05, 0.1) is 12.2 Å². The van der Waals surface area contributed by atoms with Gasteiger partial charge in [0.2, 0.25) is 0 Å². The van der Waals surface area contributed by atoms with E-state index in [1.807, 2.05) is 19.1 Å². The molecule has 2 aromatic heterocycles. The lowest BCUT2D eigenvalue weighted by molar-refractivity contribution is 0.244. The highest BCUT2D eigenvalue weighted by atomic mass is 35.5. The van der Waals surface area contributed by atoms with E-state index in [0.29, 0.717) is 17.5 Å². The molecule has 0 unspecified atom stereocenters. The number of nitrogens with one attached hydrogen (secondary N) is 1. The molecular weight excluding hydrogens is 240 g/mol. The molecular formula is C12H13ClN2O2. The molecule has 0 amide bonds. The van der Waals surface area contributed by atoms with E-state index < -0.39 is 0 Å². The minimum Gasteiger partial charge on any atom is -0.462 e. The predicted octanol–water partition coefficient (Wildman–Crippen LogP) is 2.74. The molecule has 0 bridgehead atoms. The van der Waals surface area contributed by atoms with Crippen molar-refractivity contribution in [1.82, 2.24) is 4.98 Å². The number of aliphatic hydroxyl groups excluding tert-OH is 1. The molecule has 2 rings (SSSR count). The molecule has 0 saturated carbocycles. The highest BCUT2D eigenvalue weighted by Crippen LogP contribution is 2.23. The van der Waals surface area contributed by atoms with Crippen LogP contribution in [0.15, 0.2) is 28.8 Å². The number of rotatable bonds is 4. The zero-order chi connectivity index (χ0) is 12.3. The maximum atomic E-state index is 8.88. The monoisotopic (exact) mass is 252 g/mol. The fraction of sp³-hybridized carbons (Fsp3) is 0.250. The number of pyridine rings is 1. The van der Waals surface area contributed by atoms with Gasteiger partial charge in [0.15, 0.2) is 5.15 Å². The van der Waals surface area contributed by atoms with Crippen molar-refractivity contribution in [1.29, 1.82) is 0 Å². The zero-order valence-electron chi connectivity index (χ0n) is 9.40. The van der Waals surface area contributed by atoms with Crippen molar-refractivity contribution in [3.05, 3.63) is 46.6 Å². The Morgan fingerprint density at radius 2 is 2.12 bits per heavy atom. The second-order valence-electron chi connectivity index (χ2n) is 3.67. The standard InChI is InChI=1S/C12H13ClN2O2/c1-8-4-5-14-12(13)11(8)15-6-9-2-3-10(7-16)17-9/h2-5,15-16H,6-7H2,1H3. The van der Waals surface area contributed by atoms with E-state index in [1.165, 1.54) is 0 Å². The summed E-state index contributed by atoms with van der Waals surface area (Å²) in [7, 11) is 0. The predicted molar refractivity (Wildman–Crippen MR) is 65.9 cm³/mol. The van der Waals surface area contributed by atoms with Crippen LogP contribution >= 0.6 is 11.6 Å². The van der Waals surface area contributed by atoms with Crippen LogP contribution in [0.4, 0.5) is 5.69 Å². The second kappa shape index (κ2) is 5.21. The normalized spacial score (nSPS) is 10.5. The SMILES string of the molecule is Cc1ccnc(Cl)c1NCc1ccc(CO)o1. The van der Waals surface area contributed by atoms with E-state index >= 15 is 0 Å². The molecule has 0 aliphatic carbocycles. The first-order chi connectivity index (χ1) is 8.20. The maximum absolute atomic E-state index is 8.88. The van der Waals surface area contributed by atoms with Crippen LogP contribution in [0.1, 0.15) is 17.1 Å². The highest BCUT2D eigenvalue weighted by Gasteiger charge is 2.06. The highest BCUT2D eigenvalue weighted by molar-refractivity contribution is 6.32. The number of nitrogens with zero attached hydrogens (tertiary/aromatic N) is 1. The van der Waals surface area contributed by atoms with Gasteiger partial charge in [-0.1, -0.05) is 11.6 Å². The number of halogens is 1. The third-order valence-corrected chi connectivity index (χ3v) is 2.71. The summed E-state index contributed by atoms with van der Waals surface area (Å²) >= 11 is 5.98. The molecule has 0 saturated heterocycles. The molecule has 17 heavy (non-hydrogen) atoms. The van der Waals surface area contributed by atoms with E-state index in [-0.39, 0.29) is 6.61 Å². The molecule has 2 N–H and O–H groups in total. The summed E-state index contributed by atoms with van der Waals surface area (Å²) in [5.74, 6) is 1.30. The Bertz CT molecular complexity index is 491. The minimum atomic E-state index is -0.0906. The number of aromatic nitrogens is 1. The number of anilines is 1. The quantitative estimate of drug-likeness (QED) is 0.822. The third kappa shape index (κ3) is 2.78. The third-order valence-electron chi connectivity index (χ3n) is 2.43.